The summed E-state index contributed by atoms with van der Waals surface area (Å²) in [5.41, 5.74) is 1.94. The van der Waals surface area contributed by atoms with E-state index in [4.69, 9.17) is 17.0 Å². The van der Waals surface area contributed by atoms with E-state index in [1.807, 2.05) is 36.4 Å². The number of Topliss-reactive ketones (excluding diaryl/α,β-unsaturated/α-hetero) is 1. The Balaban J connectivity index is 1.70. The van der Waals surface area contributed by atoms with E-state index in [1.54, 1.807) is 12.4 Å². The molecule has 0 aliphatic heterocycles. The number of ketones is 1. The molecule has 0 aliphatic carbocycles. The van der Waals surface area contributed by atoms with Crippen LogP contribution in [0.3, 0.4) is 0 Å². The maximum atomic E-state index is 12.1. The summed E-state index contributed by atoms with van der Waals surface area (Å²) in [4.78, 5) is 16.7. The van der Waals surface area contributed by atoms with E-state index in [0.29, 0.717) is 17.8 Å². The third-order valence-corrected chi connectivity index (χ3v) is 4.17. The highest BCUT2D eigenvalue weighted by Crippen LogP contribution is 2.17. The van der Waals surface area contributed by atoms with Crippen molar-refractivity contribution < 1.29 is 9.53 Å². The molecule has 26 heavy (non-hydrogen) atoms. The summed E-state index contributed by atoms with van der Waals surface area (Å²) < 4.78 is 5.69. The average Bonchev–Trinajstić information content (AvgIpc) is 2.66. The predicted molar refractivity (Wildman–Crippen MR) is 110 cm³/mol. The maximum Gasteiger partial charge on any atom is 0.139 e. The van der Waals surface area contributed by atoms with Gasteiger partial charge < -0.3 is 10.1 Å². The lowest BCUT2D eigenvalue weighted by atomic mass is 10.1. The molecule has 0 amide bonds. The highest BCUT2D eigenvalue weighted by atomic mass is 32.1. The molecule has 0 fully saturated rings. The number of pyridine rings is 1. The van der Waals surface area contributed by atoms with Crippen LogP contribution in [0.15, 0.2) is 48.8 Å². The van der Waals surface area contributed by atoms with Gasteiger partial charge in [0, 0.05) is 24.5 Å². The number of hydrogen-bond acceptors (Lipinski definition) is 4. The topological polar surface area (TPSA) is 51.2 Å². The van der Waals surface area contributed by atoms with Crippen LogP contribution in [0.4, 0.5) is 5.69 Å². The van der Waals surface area contributed by atoms with E-state index >= 15 is 0 Å². The highest BCUT2D eigenvalue weighted by Gasteiger charge is 2.07. The minimum absolute atomic E-state index is 0.127. The van der Waals surface area contributed by atoms with E-state index < -0.39 is 0 Å². The summed E-state index contributed by atoms with van der Waals surface area (Å²) in [6, 6.07) is 11.5. The summed E-state index contributed by atoms with van der Waals surface area (Å²) >= 11 is 5.30. The number of unbranched alkanes of at least 4 members (excludes halogenated alkanes) is 2. The lowest BCUT2D eigenvalue weighted by molar-refractivity contribution is -0.117. The van der Waals surface area contributed by atoms with Gasteiger partial charge in [-0.3, -0.25) is 9.78 Å². The van der Waals surface area contributed by atoms with Crippen molar-refractivity contribution in [3.05, 3.63) is 54.4 Å². The summed E-state index contributed by atoms with van der Waals surface area (Å²) in [5, 5.41) is 3.12. The largest absolute Gasteiger partial charge is 0.494 e. The molecule has 0 radical (unpaired) electrons. The Morgan fingerprint density at radius 1 is 1.19 bits per heavy atom. The smallest absolute Gasteiger partial charge is 0.139 e. The molecule has 0 bridgehead atoms. The fourth-order valence-corrected chi connectivity index (χ4v) is 2.76. The summed E-state index contributed by atoms with van der Waals surface area (Å²) in [7, 11) is 0. The van der Waals surface area contributed by atoms with Gasteiger partial charge in [-0.15, -0.1) is 0 Å². The van der Waals surface area contributed by atoms with Crippen LogP contribution in [0, 0.1) is 0 Å². The van der Waals surface area contributed by atoms with Crippen LogP contribution in [0.1, 0.15) is 44.6 Å². The molecule has 0 atom stereocenters. The quantitative estimate of drug-likeness (QED) is 0.446. The van der Waals surface area contributed by atoms with Gasteiger partial charge in [0.1, 0.15) is 11.5 Å². The van der Waals surface area contributed by atoms with Gasteiger partial charge in [0.05, 0.1) is 18.0 Å². The van der Waals surface area contributed by atoms with Gasteiger partial charge >= 0.3 is 0 Å². The second-order valence-corrected chi connectivity index (χ2v) is 6.70. The highest BCUT2D eigenvalue weighted by molar-refractivity contribution is 7.80. The van der Waals surface area contributed by atoms with Gasteiger partial charge in [-0.1, -0.05) is 38.0 Å². The molecule has 0 spiro atoms. The Kier molecular flexibility index (Phi) is 8.76. The minimum atomic E-state index is 0.127. The van der Waals surface area contributed by atoms with Crippen molar-refractivity contribution in [1.29, 1.82) is 0 Å². The fourth-order valence-electron chi connectivity index (χ4n) is 2.48. The number of ether oxygens (including phenoxy) is 1. The van der Waals surface area contributed by atoms with Crippen molar-refractivity contribution >= 4 is 28.7 Å². The number of nitrogens with zero attached hydrogens (tertiary/aromatic N) is 1. The number of aryl methyl sites for hydroxylation is 1. The Morgan fingerprint density at radius 3 is 2.69 bits per heavy atom. The Labute approximate surface area is 161 Å². The molecule has 4 nitrogen and oxygen atoms in total. The van der Waals surface area contributed by atoms with Gasteiger partial charge in [-0.05, 0) is 48.7 Å². The van der Waals surface area contributed by atoms with Gasteiger partial charge in [0.25, 0.3) is 0 Å². The number of nitrogens with one attached hydrogen (secondary N) is 1. The van der Waals surface area contributed by atoms with Gasteiger partial charge in [-0.25, -0.2) is 0 Å². The number of benzene rings is 1. The Morgan fingerprint density at radius 2 is 2.00 bits per heavy atom. The molecule has 1 heterocycles. The number of hydrogen-bond donors (Lipinski definition) is 1. The summed E-state index contributed by atoms with van der Waals surface area (Å²) in [6.07, 6.45) is 8.37. The fraction of sp³-hybridized carbons (Fsp3) is 0.381. The molecule has 0 saturated heterocycles. The first-order valence-electron chi connectivity index (χ1n) is 9.10. The SMILES string of the molecule is CCCCCOc1ccc(NC(=S)CC(=O)CCc2cccnc2)cc1. The summed E-state index contributed by atoms with van der Waals surface area (Å²) in [5.74, 6) is 0.979. The molecule has 138 valence electrons. The molecule has 5 heteroatoms. The zero-order chi connectivity index (χ0) is 18.6. The standard InChI is InChI=1S/C21H26N2O2S/c1-2-3-4-14-25-20-11-8-18(9-12-20)23-21(26)15-19(24)10-7-17-6-5-13-22-16-17/h5-6,8-9,11-13,16H,2-4,7,10,14-15H2,1H3,(H,23,26). The lowest BCUT2D eigenvalue weighted by Gasteiger charge is -2.09. The molecular formula is C21H26N2O2S. The van der Waals surface area contributed by atoms with Crippen LogP contribution in [0.2, 0.25) is 0 Å². The van der Waals surface area contributed by atoms with Crippen molar-refractivity contribution in [3.8, 4) is 5.75 Å². The number of carbonyl (C=O) groups is 1. The third-order valence-electron chi connectivity index (χ3n) is 3.93. The van der Waals surface area contributed by atoms with Crippen molar-refractivity contribution in [2.24, 2.45) is 0 Å². The van der Waals surface area contributed by atoms with Crippen molar-refractivity contribution in [3.63, 3.8) is 0 Å². The lowest BCUT2D eigenvalue weighted by Crippen LogP contribution is -2.15. The number of anilines is 1. The maximum absolute atomic E-state index is 12.1. The molecule has 1 aromatic carbocycles. The van der Waals surface area contributed by atoms with E-state index in [1.165, 1.54) is 12.8 Å². The third kappa shape index (κ3) is 7.74. The first-order chi connectivity index (χ1) is 12.7. The van der Waals surface area contributed by atoms with Crippen LogP contribution >= 0.6 is 12.2 Å². The zero-order valence-corrected chi connectivity index (χ0v) is 16.1. The van der Waals surface area contributed by atoms with E-state index in [2.05, 4.69) is 17.2 Å². The van der Waals surface area contributed by atoms with Gasteiger partial charge in [0.2, 0.25) is 0 Å². The predicted octanol–water partition coefficient (Wildman–Crippen LogP) is 4.98. The molecule has 1 aromatic heterocycles. The van der Waals surface area contributed by atoms with Crippen LogP contribution in [-0.2, 0) is 11.2 Å². The first kappa shape index (κ1) is 20.0. The van der Waals surface area contributed by atoms with Gasteiger partial charge in [-0.2, -0.15) is 0 Å². The molecule has 0 saturated carbocycles. The second kappa shape index (κ2) is 11.4. The molecular weight excluding hydrogens is 344 g/mol. The van der Waals surface area contributed by atoms with E-state index in [-0.39, 0.29) is 12.2 Å². The molecule has 2 rings (SSSR count). The van der Waals surface area contributed by atoms with Crippen LogP contribution in [0.25, 0.3) is 0 Å². The van der Waals surface area contributed by atoms with Gasteiger partial charge in [0.15, 0.2) is 0 Å². The summed E-state index contributed by atoms with van der Waals surface area (Å²) in [6.45, 7) is 2.91. The second-order valence-electron chi connectivity index (χ2n) is 6.20. The Hall–Kier alpha value is -2.27. The van der Waals surface area contributed by atoms with Crippen LogP contribution in [0.5, 0.6) is 5.75 Å². The van der Waals surface area contributed by atoms with Crippen molar-refractivity contribution in [2.75, 3.05) is 11.9 Å². The first-order valence-corrected chi connectivity index (χ1v) is 9.51. The van der Waals surface area contributed by atoms with Crippen molar-refractivity contribution in [1.82, 2.24) is 4.98 Å². The van der Waals surface area contributed by atoms with Crippen LogP contribution in [-0.4, -0.2) is 22.4 Å². The molecule has 1 N–H and O–H groups in total. The van der Waals surface area contributed by atoms with E-state index in [0.717, 1.165) is 30.0 Å². The zero-order valence-electron chi connectivity index (χ0n) is 15.2. The van der Waals surface area contributed by atoms with Crippen LogP contribution < -0.4 is 10.1 Å². The normalized spacial score (nSPS) is 10.3. The number of carbonyl (C=O) groups excluding carboxylic acids is 1. The monoisotopic (exact) mass is 370 g/mol. The Bertz CT molecular complexity index is 687. The number of rotatable bonds is 11. The van der Waals surface area contributed by atoms with E-state index in [9.17, 15) is 4.79 Å². The number of aromatic nitrogens is 1. The molecule has 0 aliphatic rings. The van der Waals surface area contributed by atoms with Crippen molar-refractivity contribution in [2.45, 2.75) is 45.4 Å². The number of thiocarbonyl (C=S) groups is 1. The minimum Gasteiger partial charge on any atom is -0.494 e. The molecule has 2 aromatic rings. The molecule has 0 unspecified atom stereocenters. The average molecular weight is 371 g/mol.